The Morgan fingerprint density at radius 1 is 1.17 bits per heavy atom. The van der Waals surface area contributed by atoms with Crippen LogP contribution in [0.1, 0.15) is 26.7 Å². The van der Waals surface area contributed by atoms with Crippen molar-refractivity contribution in [3.8, 4) is 5.75 Å². The van der Waals surface area contributed by atoms with Crippen molar-refractivity contribution in [1.82, 2.24) is 5.32 Å². The summed E-state index contributed by atoms with van der Waals surface area (Å²) in [6, 6.07) is 5.02. The van der Waals surface area contributed by atoms with E-state index < -0.39 is 5.97 Å². The van der Waals surface area contributed by atoms with E-state index in [9.17, 15) is 9.59 Å². The van der Waals surface area contributed by atoms with Crippen LogP contribution < -0.4 is 10.1 Å². The Kier molecular flexibility index (Phi) is 8.81. The van der Waals surface area contributed by atoms with E-state index in [4.69, 9.17) is 32.7 Å². The van der Waals surface area contributed by atoms with Crippen LogP contribution in [-0.4, -0.2) is 31.6 Å². The smallest absolute Gasteiger partial charge is 0.325 e. The van der Waals surface area contributed by atoms with E-state index in [2.05, 4.69) is 5.32 Å². The molecule has 0 aliphatic heterocycles. The van der Waals surface area contributed by atoms with Crippen LogP contribution in [0, 0.1) is 5.92 Å². The Labute approximate surface area is 146 Å². The highest BCUT2D eigenvalue weighted by Crippen LogP contribution is 2.32. The lowest BCUT2D eigenvalue weighted by Gasteiger charge is -2.10. The Hall–Kier alpha value is -1.46. The summed E-state index contributed by atoms with van der Waals surface area (Å²) in [5, 5.41) is 3.30. The van der Waals surface area contributed by atoms with E-state index in [0.717, 1.165) is 6.42 Å². The van der Waals surface area contributed by atoms with Gasteiger partial charge in [-0.1, -0.05) is 43.1 Å². The molecule has 5 nitrogen and oxygen atoms in total. The van der Waals surface area contributed by atoms with Gasteiger partial charge in [0, 0.05) is 6.42 Å². The van der Waals surface area contributed by atoms with Gasteiger partial charge in [0.25, 0.3) is 0 Å². The van der Waals surface area contributed by atoms with Crippen LogP contribution in [0.3, 0.4) is 0 Å². The minimum atomic E-state index is -0.517. The van der Waals surface area contributed by atoms with Crippen molar-refractivity contribution in [2.75, 3.05) is 19.8 Å². The standard InChI is InChI=1S/C16H21Cl2NO4/c1-11(2)6-7-14(20)19-10-15(21)22-8-9-23-16-12(17)4-3-5-13(16)18/h3-5,11H,6-10H2,1-2H3,(H,19,20). The Balaban J connectivity index is 2.18. The lowest BCUT2D eigenvalue weighted by molar-refractivity contribution is -0.144. The lowest BCUT2D eigenvalue weighted by Crippen LogP contribution is -2.31. The topological polar surface area (TPSA) is 64.6 Å². The number of halogens is 2. The molecule has 0 radical (unpaired) electrons. The second-order valence-corrected chi connectivity index (χ2v) is 6.14. The van der Waals surface area contributed by atoms with Gasteiger partial charge in [-0.25, -0.2) is 0 Å². The maximum absolute atomic E-state index is 11.5. The summed E-state index contributed by atoms with van der Waals surface area (Å²) >= 11 is 11.9. The average Bonchev–Trinajstić information content (AvgIpc) is 2.49. The molecule has 1 amide bonds. The van der Waals surface area contributed by atoms with Gasteiger partial charge in [0.2, 0.25) is 5.91 Å². The Morgan fingerprint density at radius 3 is 2.43 bits per heavy atom. The molecule has 1 N–H and O–H groups in total. The second-order valence-electron chi connectivity index (χ2n) is 5.33. The molecule has 0 bridgehead atoms. The van der Waals surface area contributed by atoms with Crippen molar-refractivity contribution < 1.29 is 19.1 Å². The highest BCUT2D eigenvalue weighted by Gasteiger charge is 2.09. The number of carbonyl (C=O) groups is 2. The molecular weight excluding hydrogens is 341 g/mol. The number of carbonyl (C=O) groups excluding carboxylic acids is 2. The van der Waals surface area contributed by atoms with Gasteiger partial charge >= 0.3 is 5.97 Å². The van der Waals surface area contributed by atoms with E-state index in [-0.39, 0.29) is 25.7 Å². The second kappa shape index (κ2) is 10.3. The number of ether oxygens (including phenoxy) is 2. The fourth-order valence-electron chi connectivity index (χ4n) is 1.65. The maximum atomic E-state index is 11.5. The fourth-order valence-corrected chi connectivity index (χ4v) is 2.16. The van der Waals surface area contributed by atoms with Gasteiger partial charge in [0.15, 0.2) is 5.75 Å². The molecule has 0 aliphatic carbocycles. The van der Waals surface area contributed by atoms with E-state index >= 15 is 0 Å². The summed E-state index contributed by atoms with van der Waals surface area (Å²) < 4.78 is 10.3. The molecule has 128 valence electrons. The summed E-state index contributed by atoms with van der Waals surface area (Å²) in [5.74, 6) is 0.127. The first kappa shape index (κ1) is 19.6. The highest BCUT2D eigenvalue weighted by atomic mass is 35.5. The number of rotatable bonds is 9. The summed E-state index contributed by atoms with van der Waals surface area (Å²) in [6.45, 7) is 4.09. The van der Waals surface area contributed by atoms with Gasteiger partial charge in [-0.2, -0.15) is 0 Å². The van der Waals surface area contributed by atoms with Crippen LogP contribution in [0.15, 0.2) is 18.2 Å². The zero-order chi connectivity index (χ0) is 17.2. The van der Waals surface area contributed by atoms with Crippen LogP contribution in [0.2, 0.25) is 10.0 Å². The molecule has 1 rings (SSSR count). The van der Waals surface area contributed by atoms with Gasteiger partial charge in [-0.05, 0) is 24.5 Å². The largest absolute Gasteiger partial charge is 0.487 e. The van der Waals surface area contributed by atoms with Gasteiger partial charge in [0.05, 0.1) is 10.0 Å². The number of amides is 1. The number of hydrogen-bond donors (Lipinski definition) is 1. The quantitative estimate of drug-likeness (QED) is 0.540. The molecule has 0 saturated carbocycles. The molecule has 0 unspecified atom stereocenters. The van der Waals surface area contributed by atoms with Crippen molar-refractivity contribution in [2.24, 2.45) is 5.92 Å². The molecule has 23 heavy (non-hydrogen) atoms. The Morgan fingerprint density at radius 2 is 1.83 bits per heavy atom. The summed E-state index contributed by atoms with van der Waals surface area (Å²) in [6.07, 6.45) is 1.19. The molecule has 0 aliphatic rings. The summed E-state index contributed by atoms with van der Waals surface area (Å²) in [7, 11) is 0. The van der Waals surface area contributed by atoms with E-state index in [1.165, 1.54) is 0 Å². The van der Waals surface area contributed by atoms with Crippen molar-refractivity contribution in [3.63, 3.8) is 0 Å². The third kappa shape index (κ3) is 8.09. The predicted molar refractivity (Wildman–Crippen MR) is 90.0 cm³/mol. The van der Waals surface area contributed by atoms with Crippen molar-refractivity contribution in [2.45, 2.75) is 26.7 Å². The number of hydrogen-bond acceptors (Lipinski definition) is 4. The highest BCUT2D eigenvalue weighted by molar-refractivity contribution is 6.37. The first-order valence-electron chi connectivity index (χ1n) is 7.39. The van der Waals surface area contributed by atoms with Gasteiger partial charge in [-0.15, -0.1) is 0 Å². The van der Waals surface area contributed by atoms with E-state index in [0.29, 0.717) is 28.1 Å². The fraction of sp³-hybridized carbons (Fsp3) is 0.500. The molecule has 0 spiro atoms. The number of para-hydroxylation sites is 1. The third-order valence-electron chi connectivity index (χ3n) is 2.89. The minimum absolute atomic E-state index is 0.0439. The average molecular weight is 362 g/mol. The monoisotopic (exact) mass is 361 g/mol. The normalized spacial score (nSPS) is 10.5. The van der Waals surface area contributed by atoms with Gasteiger partial charge in [-0.3, -0.25) is 9.59 Å². The van der Waals surface area contributed by atoms with Crippen LogP contribution in [0.5, 0.6) is 5.75 Å². The molecule has 0 atom stereocenters. The zero-order valence-corrected chi connectivity index (χ0v) is 14.7. The minimum Gasteiger partial charge on any atom is -0.487 e. The summed E-state index contributed by atoms with van der Waals surface area (Å²) in [5.41, 5.74) is 0. The SMILES string of the molecule is CC(C)CCC(=O)NCC(=O)OCCOc1c(Cl)cccc1Cl. The molecular formula is C16H21Cl2NO4. The first-order valence-corrected chi connectivity index (χ1v) is 8.15. The zero-order valence-electron chi connectivity index (χ0n) is 13.2. The van der Waals surface area contributed by atoms with Crippen molar-refractivity contribution >= 4 is 35.1 Å². The molecule has 0 saturated heterocycles. The van der Waals surface area contributed by atoms with Crippen LogP contribution in [-0.2, 0) is 14.3 Å². The molecule has 0 fully saturated rings. The van der Waals surface area contributed by atoms with Crippen LogP contribution >= 0.6 is 23.2 Å². The van der Waals surface area contributed by atoms with Crippen LogP contribution in [0.4, 0.5) is 0 Å². The maximum Gasteiger partial charge on any atom is 0.325 e. The van der Waals surface area contributed by atoms with E-state index in [1.807, 2.05) is 13.8 Å². The molecule has 1 aromatic carbocycles. The Bertz CT molecular complexity index is 515. The molecule has 1 aromatic rings. The molecule has 0 aromatic heterocycles. The number of benzene rings is 1. The molecule has 7 heteroatoms. The first-order chi connectivity index (χ1) is 10.9. The third-order valence-corrected chi connectivity index (χ3v) is 3.49. The van der Waals surface area contributed by atoms with Gasteiger partial charge < -0.3 is 14.8 Å². The number of esters is 1. The molecule has 0 heterocycles. The van der Waals surface area contributed by atoms with Gasteiger partial charge in [0.1, 0.15) is 19.8 Å². The van der Waals surface area contributed by atoms with Crippen molar-refractivity contribution in [3.05, 3.63) is 28.2 Å². The predicted octanol–water partition coefficient (Wildman–Crippen LogP) is 3.47. The van der Waals surface area contributed by atoms with Crippen molar-refractivity contribution in [1.29, 1.82) is 0 Å². The number of nitrogens with one attached hydrogen (secondary N) is 1. The van der Waals surface area contributed by atoms with Crippen LogP contribution in [0.25, 0.3) is 0 Å². The summed E-state index contributed by atoms with van der Waals surface area (Å²) in [4.78, 5) is 23.0. The van der Waals surface area contributed by atoms with E-state index in [1.54, 1.807) is 18.2 Å². The lowest BCUT2D eigenvalue weighted by atomic mass is 10.1.